The van der Waals surface area contributed by atoms with Gasteiger partial charge in [0.15, 0.2) is 0 Å². The molecule has 0 bridgehead atoms. The summed E-state index contributed by atoms with van der Waals surface area (Å²) in [4.78, 5) is 24.4. The summed E-state index contributed by atoms with van der Waals surface area (Å²) in [6, 6.07) is 9.35. The Morgan fingerprint density at radius 2 is 1.70 bits per heavy atom. The molecule has 0 radical (unpaired) electrons. The average molecular weight is 622 g/mol. The predicted octanol–water partition coefficient (Wildman–Crippen LogP) is 5.38. The zero-order valence-electron chi connectivity index (χ0n) is 22.1. The number of alkyl halides is 5. The highest BCUT2D eigenvalue weighted by Gasteiger charge is 2.32. The molecule has 1 fully saturated rings. The lowest BCUT2D eigenvalue weighted by Crippen LogP contribution is -2.49. The summed E-state index contributed by atoms with van der Waals surface area (Å²) in [7, 11) is 0. The molecule has 0 unspecified atom stereocenters. The van der Waals surface area contributed by atoms with Crippen molar-refractivity contribution in [1.29, 1.82) is 0 Å². The molecule has 6 rings (SSSR count). The van der Waals surface area contributed by atoms with Gasteiger partial charge in [-0.05, 0) is 36.4 Å². The summed E-state index contributed by atoms with van der Waals surface area (Å²) in [5.74, 6) is -0.901. The molecule has 1 aliphatic heterocycles. The second-order valence-corrected chi connectivity index (χ2v) is 10.8. The number of fused-ring (bicyclic) bond motifs is 1. The average Bonchev–Trinajstić information content (AvgIpc) is 3.58. The van der Waals surface area contributed by atoms with E-state index in [2.05, 4.69) is 20.2 Å². The molecule has 0 atom stereocenters. The third-order valence-electron chi connectivity index (χ3n) is 6.93. The monoisotopic (exact) mass is 621 g/mol. The standard InChI is InChI=1S/C27H21F6N7O2S/c28-19-10-20-21(9-18(19)15-2-4-22(35-11-15)39-7-5-38(6-8-39)14-27(31,32)33)43-26(41)40(20)13-17-3-1-16(12-34-17)24-36-37-25(42-24)23(29)30/h1-4,9-12,23H,5-8,13-14H2. The van der Waals surface area contributed by atoms with E-state index in [0.717, 1.165) is 11.3 Å². The molecular formula is C27H21F6N7O2S. The van der Waals surface area contributed by atoms with Crippen LogP contribution in [0.3, 0.4) is 0 Å². The number of pyridine rings is 2. The molecule has 0 amide bonds. The maximum absolute atomic E-state index is 15.3. The molecule has 0 spiro atoms. The van der Waals surface area contributed by atoms with Crippen molar-refractivity contribution in [2.24, 2.45) is 0 Å². The van der Waals surface area contributed by atoms with Gasteiger partial charge in [0.1, 0.15) is 11.6 Å². The molecule has 0 aliphatic carbocycles. The number of hydrogen-bond donors (Lipinski definition) is 0. The van der Waals surface area contributed by atoms with E-state index in [1.807, 2.05) is 4.90 Å². The molecule has 1 saturated heterocycles. The van der Waals surface area contributed by atoms with Gasteiger partial charge in [-0.25, -0.2) is 9.37 Å². The number of thiazole rings is 1. The van der Waals surface area contributed by atoms with Crippen molar-refractivity contribution in [3.8, 4) is 22.6 Å². The van der Waals surface area contributed by atoms with Crippen LogP contribution in [0.4, 0.5) is 32.2 Å². The van der Waals surface area contributed by atoms with Gasteiger partial charge >= 0.3 is 17.5 Å². The first kappa shape index (κ1) is 28.8. The third kappa shape index (κ3) is 6.24. The van der Waals surface area contributed by atoms with Crippen LogP contribution < -0.4 is 9.77 Å². The lowest BCUT2D eigenvalue weighted by molar-refractivity contribution is -0.146. The Bertz CT molecular complexity index is 1790. The summed E-state index contributed by atoms with van der Waals surface area (Å²) in [5, 5.41) is 6.86. The Morgan fingerprint density at radius 3 is 2.33 bits per heavy atom. The Labute approximate surface area is 243 Å². The normalized spacial score (nSPS) is 14.7. The van der Waals surface area contributed by atoms with Gasteiger partial charge in [-0.15, -0.1) is 10.2 Å². The number of anilines is 1. The molecule has 5 heterocycles. The topological polar surface area (TPSA) is 93.2 Å². The summed E-state index contributed by atoms with van der Waals surface area (Å²) < 4.78 is 85.6. The zero-order valence-corrected chi connectivity index (χ0v) is 22.9. The summed E-state index contributed by atoms with van der Waals surface area (Å²) >= 11 is 0.946. The number of hydrogen-bond acceptors (Lipinski definition) is 9. The maximum atomic E-state index is 15.3. The van der Waals surface area contributed by atoms with Gasteiger partial charge in [0, 0.05) is 49.7 Å². The highest BCUT2D eigenvalue weighted by Crippen LogP contribution is 2.31. The Hall–Kier alpha value is -4.31. The minimum absolute atomic E-state index is 0.0382. The quantitative estimate of drug-likeness (QED) is 0.224. The van der Waals surface area contributed by atoms with Crippen molar-refractivity contribution in [3.63, 3.8) is 0 Å². The Kier molecular flexibility index (Phi) is 7.64. The van der Waals surface area contributed by atoms with Crippen LogP contribution in [-0.4, -0.2) is 68.5 Å². The van der Waals surface area contributed by atoms with E-state index in [4.69, 9.17) is 4.42 Å². The number of rotatable bonds is 7. The number of piperazine rings is 1. The van der Waals surface area contributed by atoms with Crippen LogP contribution in [-0.2, 0) is 6.54 Å². The lowest BCUT2D eigenvalue weighted by Gasteiger charge is -2.35. The van der Waals surface area contributed by atoms with Crippen LogP contribution in [0, 0.1) is 5.82 Å². The smallest absolute Gasteiger partial charge is 0.401 e. The van der Waals surface area contributed by atoms with Gasteiger partial charge in [0.05, 0.1) is 34.6 Å². The van der Waals surface area contributed by atoms with Crippen molar-refractivity contribution >= 4 is 27.4 Å². The minimum Gasteiger partial charge on any atom is -0.415 e. The van der Waals surface area contributed by atoms with Gasteiger partial charge in [-0.2, -0.15) is 22.0 Å². The summed E-state index contributed by atoms with van der Waals surface area (Å²) in [5.41, 5.74) is 1.90. The van der Waals surface area contributed by atoms with Crippen LogP contribution in [0.1, 0.15) is 18.0 Å². The van der Waals surface area contributed by atoms with Crippen LogP contribution in [0.25, 0.3) is 32.8 Å². The van der Waals surface area contributed by atoms with Crippen molar-refractivity contribution in [2.45, 2.75) is 19.1 Å². The fourth-order valence-electron chi connectivity index (χ4n) is 4.82. The van der Waals surface area contributed by atoms with Crippen LogP contribution >= 0.6 is 11.3 Å². The molecule has 1 aliphatic rings. The predicted molar refractivity (Wildman–Crippen MR) is 146 cm³/mol. The molecule has 43 heavy (non-hydrogen) atoms. The first-order valence-electron chi connectivity index (χ1n) is 12.9. The van der Waals surface area contributed by atoms with E-state index in [-0.39, 0.29) is 36.0 Å². The first-order chi connectivity index (χ1) is 20.5. The third-order valence-corrected chi connectivity index (χ3v) is 7.88. The van der Waals surface area contributed by atoms with Crippen molar-refractivity contribution in [3.05, 3.63) is 75.9 Å². The van der Waals surface area contributed by atoms with E-state index in [0.29, 0.717) is 45.9 Å². The molecular weight excluding hydrogens is 600 g/mol. The molecule has 4 aromatic heterocycles. The molecule has 224 valence electrons. The zero-order chi connectivity index (χ0) is 30.3. The Morgan fingerprint density at radius 1 is 0.953 bits per heavy atom. The number of nitrogens with zero attached hydrogens (tertiary/aromatic N) is 7. The number of aromatic nitrogens is 5. The molecule has 5 aromatic rings. The molecule has 1 aromatic carbocycles. The van der Waals surface area contributed by atoms with Crippen LogP contribution in [0.5, 0.6) is 0 Å². The van der Waals surface area contributed by atoms with E-state index in [1.165, 1.54) is 27.9 Å². The van der Waals surface area contributed by atoms with E-state index >= 15 is 4.39 Å². The van der Waals surface area contributed by atoms with Gasteiger partial charge in [0.2, 0.25) is 5.89 Å². The highest BCUT2D eigenvalue weighted by molar-refractivity contribution is 7.16. The molecule has 0 N–H and O–H groups in total. The second-order valence-electron chi connectivity index (χ2n) is 9.82. The van der Waals surface area contributed by atoms with E-state index in [1.54, 1.807) is 30.3 Å². The largest absolute Gasteiger partial charge is 0.415 e. The van der Waals surface area contributed by atoms with Crippen molar-refractivity contribution < 1.29 is 30.8 Å². The Balaban J connectivity index is 1.17. The maximum Gasteiger partial charge on any atom is 0.401 e. The lowest BCUT2D eigenvalue weighted by atomic mass is 10.1. The van der Waals surface area contributed by atoms with Gasteiger partial charge in [-0.3, -0.25) is 19.2 Å². The van der Waals surface area contributed by atoms with Crippen molar-refractivity contribution in [1.82, 2.24) is 29.6 Å². The van der Waals surface area contributed by atoms with Crippen LogP contribution in [0.2, 0.25) is 0 Å². The summed E-state index contributed by atoms with van der Waals surface area (Å²) in [6.07, 6.45) is -4.28. The summed E-state index contributed by atoms with van der Waals surface area (Å²) in [6.45, 7) is 0.377. The van der Waals surface area contributed by atoms with Crippen LogP contribution in [0.15, 0.2) is 58.0 Å². The van der Waals surface area contributed by atoms with Gasteiger partial charge in [-0.1, -0.05) is 11.3 Å². The number of benzene rings is 1. The molecule has 9 nitrogen and oxygen atoms in total. The fourth-order valence-corrected chi connectivity index (χ4v) is 5.73. The SMILES string of the molecule is O=c1sc2cc(-c3ccc(N4CCN(CC(F)(F)F)CC4)nc3)c(F)cc2n1Cc1ccc(-c2nnc(C(F)F)o2)cn1. The van der Waals surface area contributed by atoms with Gasteiger partial charge in [0.25, 0.3) is 5.89 Å². The number of halogens is 6. The fraction of sp³-hybridized carbons (Fsp3) is 0.296. The molecule has 16 heteroatoms. The highest BCUT2D eigenvalue weighted by atomic mass is 32.1. The van der Waals surface area contributed by atoms with Gasteiger partial charge < -0.3 is 9.32 Å². The second kappa shape index (κ2) is 11.4. The van der Waals surface area contributed by atoms with Crippen molar-refractivity contribution in [2.75, 3.05) is 37.6 Å². The van der Waals surface area contributed by atoms with E-state index in [9.17, 15) is 26.7 Å². The minimum atomic E-state index is -4.24. The first-order valence-corrected chi connectivity index (χ1v) is 13.8. The molecule has 0 saturated carbocycles. The van der Waals surface area contributed by atoms with E-state index < -0.39 is 30.9 Å².